The normalized spacial score (nSPS) is 18.3. The molecule has 23 heavy (non-hydrogen) atoms. The van der Waals surface area contributed by atoms with Gasteiger partial charge in [0, 0.05) is 30.8 Å². The van der Waals surface area contributed by atoms with Crippen molar-refractivity contribution in [2.75, 3.05) is 6.54 Å². The molecular weight excluding hydrogens is 294 g/mol. The second kappa shape index (κ2) is 6.81. The van der Waals surface area contributed by atoms with Crippen molar-refractivity contribution < 1.29 is 14.7 Å². The van der Waals surface area contributed by atoms with E-state index in [0.29, 0.717) is 12.8 Å². The number of amides is 1. The van der Waals surface area contributed by atoms with E-state index in [0.717, 1.165) is 36.9 Å². The summed E-state index contributed by atoms with van der Waals surface area (Å²) in [6.45, 7) is 0.725. The van der Waals surface area contributed by atoms with Crippen molar-refractivity contribution in [3.05, 3.63) is 36.2 Å². The topological polar surface area (TPSA) is 74.9 Å². The average Bonchev–Trinajstić information content (AvgIpc) is 2.96. The number of aliphatic carboxylic acids is 1. The van der Waals surface area contributed by atoms with Crippen molar-refractivity contribution in [2.24, 2.45) is 0 Å². The predicted molar refractivity (Wildman–Crippen MR) is 85.1 cm³/mol. The highest BCUT2D eigenvalue weighted by Crippen LogP contribution is 2.22. The molecule has 2 aromatic heterocycles. The molecule has 0 saturated carbocycles. The van der Waals surface area contributed by atoms with Crippen molar-refractivity contribution in [1.82, 2.24) is 14.5 Å². The van der Waals surface area contributed by atoms with E-state index in [4.69, 9.17) is 5.11 Å². The number of pyridine rings is 1. The second-order valence-corrected chi connectivity index (χ2v) is 6.05. The first-order valence-corrected chi connectivity index (χ1v) is 8.07. The van der Waals surface area contributed by atoms with E-state index in [9.17, 15) is 9.59 Å². The summed E-state index contributed by atoms with van der Waals surface area (Å²) in [5, 5.41) is 13.1. The highest BCUT2D eigenvalue weighted by Gasteiger charge is 2.27. The van der Waals surface area contributed by atoms with Crippen LogP contribution < -0.4 is 0 Å². The van der Waals surface area contributed by atoms with Crippen LogP contribution in [0, 0.1) is 0 Å². The Kier molecular flexibility index (Phi) is 4.60. The van der Waals surface area contributed by atoms with E-state index in [1.54, 1.807) is 10.7 Å². The monoisotopic (exact) mass is 315 g/mol. The fraction of sp³-hybridized carbons (Fsp3) is 0.471. The molecule has 122 valence electrons. The summed E-state index contributed by atoms with van der Waals surface area (Å²) in [6.07, 6.45) is 7.52. The van der Waals surface area contributed by atoms with Gasteiger partial charge in [-0.15, -0.1) is 0 Å². The molecule has 1 amide bonds. The van der Waals surface area contributed by atoms with Gasteiger partial charge in [0.15, 0.2) is 0 Å². The Bertz CT molecular complexity index is 710. The van der Waals surface area contributed by atoms with E-state index in [-0.39, 0.29) is 18.4 Å². The molecule has 0 bridgehead atoms. The summed E-state index contributed by atoms with van der Waals surface area (Å²) in [5.74, 6) is -0.732. The van der Waals surface area contributed by atoms with Crippen LogP contribution in [0.15, 0.2) is 30.6 Å². The molecular formula is C17H21N3O3. The highest BCUT2D eigenvalue weighted by molar-refractivity contribution is 5.81. The minimum Gasteiger partial charge on any atom is -0.481 e. The van der Waals surface area contributed by atoms with Crippen LogP contribution in [0.25, 0.3) is 5.52 Å². The number of nitrogens with zero attached hydrogens (tertiary/aromatic N) is 3. The molecule has 0 aliphatic carbocycles. The number of hydrogen-bond donors (Lipinski definition) is 1. The Balaban J connectivity index is 1.71. The summed E-state index contributed by atoms with van der Waals surface area (Å²) in [5.41, 5.74) is 1.86. The van der Waals surface area contributed by atoms with Crippen LogP contribution in [0.5, 0.6) is 0 Å². The molecule has 1 saturated heterocycles. The standard InChI is InChI=1S/C17H21N3O3/c21-16(11-13-12-18-20-10-4-2-6-15(13)20)19-9-3-1-5-14(19)7-8-17(22)23/h2,4,6,10,12,14H,1,3,5,7-9,11H2,(H,22,23). The van der Waals surface area contributed by atoms with Gasteiger partial charge >= 0.3 is 5.97 Å². The Hall–Kier alpha value is -2.37. The number of rotatable bonds is 5. The van der Waals surface area contributed by atoms with Gasteiger partial charge in [-0.3, -0.25) is 9.59 Å². The Labute approximate surface area is 134 Å². The largest absolute Gasteiger partial charge is 0.481 e. The maximum atomic E-state index is 12.7. The van der Waals surface area contributed by atoms with Crippen LogP contribution in [-0.2, 0) is 16.0 Å². The smallest absolute Gasteiger partial charge is 0.303 e. The maximum Gasteiger partial charge on any atom is 0.303 e. The quantitative estimate of drug-likeness (QED) is 0.917. The van der Waals surface area contributed by atoms with Gasteiger partial charge in [-0.1, -0.05) is 6.07 Å². The van der Waals surface area contributed by atoms with E-state index in [1.807, 2.05) is 29.3 Å². The van der Waals surface area contributed by atoms with Crippen molar-refractivity contribution in [2.45, 2.75) is 44.6 Å². The number of carbonyl (C=O) groups is 2. The molecule has 1 atom stereocenters. The van der Waals surface area contributed by atoms with Crippen LogP contribution in [0.4, 0.5) is 0 Å². The van der Waals surface area contributed by atoms with Gasteiger partial charge in [0.05, 0.1) is 18.1 Å². The highest BCUT2D eigenvalue weighted by atomic mass is 16.4. The third kappa shape index (κ3) is 3.52. The molecule has 1 N–H and O–H groups in total. The van der Waals surface area contributed by atoms with Gasteiger partial charge in [-0.05, 0) is 37.8 Å². The Morgan fingerprint density at radius 1 is 1.30 bits per heavy atom. The lowest BCUT2D eigenvalue weighted by Crippen LogP contribution is -2.44. The summed E-state index contributed by atoms with van der Waals surface area (Å²) >= 11 is 0. The number of likely N-dealkylation sites (tertiary alicyclic amines) is 1. The van der Waals surface area contributed by atoms with Crippen molar-refractivity contribution in [3.63, 3.8) is 0 Å². The van der Waals surface area contributed by atoms with Gasteiger partial charge in [0.25, 0.3) is 0 Å². The first kappa shape index (κ1) is 15.5. The van der Waals surface area contributed by atoms with E-state index in [1.165, 1.54) is 0 Å². The lowest BCUT2D eigenvalue weighted by Gasteiger charge is -2.35. The van der Waals surface area contributed by atoms with Crippen LogP contribution in [0.3, 0.4) is 0 Å². The SMILES string of the molecule is O=C(O)CCC1CCCCN1C(=O)Cc1cnn2ccccc12. The maximum absolute atomic E-state index is 12.7. The third-order valence-electron chi connectivity index (χ3n) is 4.49. The van der Waals surface area contributed by atoms with Crippen LogP contribution >= 0.6 is 0 Å². The second-order valence-electron chi connectivity index (χ2n) is 6.05. The molecule has 6 heteroatoms. The zero-order chi connectivity index (χ0) is 16.2. The summed E-state index contributed by atoms with van der Waals surface area (Å²) in [7, 11) is 0. The lowest BCUT2D eigenvalue weighted by molar-refractivity contribution is -0.139. The van der Waals surface area contributed by atoms with Crippen LogP contribution in [0.2, 0.25) is 0 Å². The summed E-state index contributed by atoms with van der Waals surface area (Å²) < 4.78 is 1.76. The minimum absolute atomic E-state index is 0.0502. The van der Waals surface area contributed by atoms with Gasteiger partial charge in [0.1, 0.15) is 0 Å². The first-order chi connectivity index (χ1) is 11.1. The molecule has 0 spiro atoms. The number of aromatic nitrogens is 2. The van der Waals surface area contributed by atoms with E-state index in [2.05, 4.69) is 5.10 Å². The van der Waals surface area contributed by atoms with Gasteiger partial charge in [-0.25, -0.2) is 4.52 Å². The van der Waals surface area contributed by atoms with Gasteiger partial charge < -0.3 is 10.0 Å². The van der Waals surface area contributed by atoms with Gasteiger partial charge in [-0.2, -0.15) is 5.10 Å². The Morgan fingerprint density at radius 3 is 3.00 bits per heavy atom. The fourth-order valence-corrected chi connectivity index (χ4v) is 3.31. The van der Waals surface area contributed by atoms with Crippen molar-refractivity contribution in [1.29, 1.82) is 0 Å². The molecule has 1 unspecified atom stereocenters. The Morgan fingerprint density at radius 2 is 2.17 bits per heavy atom. The number of carbonyl (C=O) groups excluding carboxylic acids is 1. The van der Waals surface area contributed by atoms with Crippen molar-refractivity contribution in [3.8, 4) is 0 Å². The first-order valence-electron chi connectivity index (χ1n) is 8.07. The van der Waals surface area contributed by atoms with Gasteiger partial charge in [0.2, 0.25) is 5.91 Å². The predicted octanol–water partition coefficient (Wildman–Crippen LogP) is 2.12. The summed E-state index contributed by atoms with van der Waals surface area (Å²) in [4.78, 5) is 25.4. The van der Waals surface area contributed by atoms with E-state index < -0.39 is 5.97 Å². The molecule has 1 aliphatic heterocycles. The molecule has 1 fully saturated rings. The molecule has 6 nitrogen and oxygen atoms in total. The molecule has 2 aromatic rings. The zero-order valence-corrected chi connectivity index (χ0v) is 13.0. The number of carboxylic acid groups (broad SMARTS) is 1. The van der Waals surface area contributed by atoms with Crippen LogP contribution in [0.1, 0.15) is 37.7 Å². The van der Waals surface area contributed by atoms with E-state index >= 15 is 0 Å². The summed E-state index contributed by atoms with van der Waals surface area (Å²) in [6, 6.07) is 5.84. The molecule has 3 rings (SSSR count). The molecule has 0 radical (unpaired) electrons. The third-order valence-corrected chi connectivity index (χ3v) is 4.49. The van der Waals surface area contributed by atoms with Crippen LogP contribution in [-0.4, -0.2) is 44.1 Å². The minimum atomic E-state index is -0.800. The molecule has 1 aliphatic rings. The number of hydrogen-bond acceptors (Lipinski definition) is 3. The fourth-order valence-electron chi connectivity index (χ4n) is 3.31. The number of carboxylic acids is 1. The average molecular weight is 315 g/mol. The van der Waals surface area contributed by atoms with Crippen molar-refractivity contribution >= 4 is 17.4 Å². The molecule has 3 heterocycles. The zero-order valence-electron chi connectivity index (χ0n) is 13.0. The number of fused-ring (bicyclic) bond motifs is 1. The lowest BCUT2D eigenvalue weighted by atomic mass is 9.97. The number of piperidine rings is 1. The molecule has 0 aromatic carbocycles.